The summed E-state index contributed by atoms with van der Waals surface area (Å²) in [4.78, 5) is 60.9. The van der Waals surface area contributed by atoms with E-state index in [9.17, 15) is 29.1 Å². The van der Waals surface area contributed by atoms with Crippen LogP contribution >= 0.6 is 0 Å². The van der Waals surface area contributed by atoms with Crippen molar-refractivity contribution in [1.82, 2.24) is 16.0 Å². The van der Waals surface area contributed by atoms with Gasteiger partial charge < -0.3 is 31.9 Å². The maximum absolute atomic E-state index is 13.1. The summed E-state index contributed by atoms with van der Waals surface area (Å²) in [6.07, 6.45) is -0.300. The molecule has 0 aliphatic carbocycles. The van der Waals surface area contributed by atoms with E-state index in [-0.39, 0.29) is 31.1 Å². The fourth-order valence-corrected chi connectivity index (χ4v) is 3.29. The summed E-state index contributed by atoms with van der Waals surface area (Å²) < 4.78 is 0. The first kappa shape index (κ1) is 29.6. The second-order valence-corrected chi connectivity index (χ2v) is 9.09. The number of hydrogen-bond acceptors (Lipinski definition) is 6. The summed E-state index contributed by atoms with van der Waals surface area (Å²) in [6.45, 7) is 6.70. The Morgan fingerprint density at radius 1 is 0.800 bits per heavy atom. The summed E-state index contributed by atoms with van der Waals surface area (Å²) in [5.74, 6) is -5.06. The van der Waals surface area contributed by atoms with E-state index in [1.807, 2.05) is 0 Å². The van der Waals surface area contributed by atoms with Gasteiger partial charge in [0.25, 0.3) is 0 Å². The number of hydrogen-bond donors (Lipinski definition) is 6. The molecule has 3 amide bonds. The smallest absolute Gasteiger partial charge is 0.326 e. The minimum Gasteiger partial charge on any atom is -0.481 e. The molecule has 0 fully saturated rings. The molecule has 0 radical (unpaired) electrons. The molecular formula is C24H36N4O7. The van der Waals surface area contributed by atoms with E-state index in [0.29, 0.717) is 0 Å². The first-order valence-electron chi connectivity index (χ1n) is 11.5. The largest absolute Gasteiger partial charge is 0.481 e. The molecule has 194 valence electrons. The Kier molecular flexibility index (Phi) is 11.9. The first-order valence-corrected chi connectivity index (χ1v) is 11.5. The molecule has 0 saturated carbocycles. The van der Waals surface area contributed by atoms with Gasteiger partial charge in [-0.25, -0.2) is 4.79 Å². The number of benzene rings is 1. The molecule has 4 unspecified atom stereocenters. The Bertz CT molecular complexity index is 889. The molecule has 0 aliphatic heterocycles. The van der Waals surface area contributed by atoms with Crippen molar-refractivity contribution in [3.63, 3.8) is 0 Å². The van der Waals surface area contributed by atoms with Crippen LogP contribution in [0.5, 0.6) is 0 Å². The zero-order chi connectivity index (χ0) is 26.7. The fourth-order valence-electron chi connectivity index (χ4n) is 3.29. The highest BCUT2D eigenvalue weighted by atomic mass is 16.4. The standard InChI is InChI=1S/C24H36N4O7/c1-13(2)19(27-21(31)16(25)10-11-18(29)30)23(33)26-17(12-15-8-6-5-7-9-15)22(32)28-20(14(3)4)24(34)35/h5-9,13-14,16-17,19-20H,10-12,25H2,1-4H3,(H,26,33)(H,27,31)(H,28,32)(H,29,30)(H,34,35). The highest BCUT2D eigenvalue weighted by Gasteiger charge is 2.32. The van der Waals surface area contributed by atoms with Gasteiger partial charge in [-0.05, 0) is 23.8 Å². The van der Waals surface area contributed by atoms with Crippen molar-refractivity contribution < 1.29 is 34.2 Å². The zero-order valence-electron chi connectivity index (χ0n) is 20.5. The van der Waals surface area contributed by atoms with Crippen molar-refractivity contribution in [2.75, 3.05) is 0 Å². The van der Waals surface area contributed by atoms with Crippen LogP contribution in [0.25, 0.3) is 0 Å². The van der Waals surface area contributed by atoms with Gasteiger partial charge in [-0.3, -0.25) is 19.2 Å². The van der Waals surface area contributed by atoms with Gasteiger partial charge >= 0.3 is 11.9 Å². The van der Waals surface area contributed by atoms with Gasteiger partial charge in [0, 0.05) is 12.8 Å². The Hall–Kier alpha value is -3.47. The topological polar surface area (TPSA) is 188 Å². The average molecular weight is 493 g/mol. The Morgan fingerprint density at radius 2 is 1.34 bits per heavy atom. The minimum absolute atomic E-state index is 0.0970. The van der Waals surface area contributed by atoms with Gasteiger partial charge in [0.1, 0.15) is 18.1 Å². The molecular weight excluding hydrogens is 456 g/mol. The number of amides is 3. The van der Waals surface area contributed by atoms with Crippen LogP contribution in [0.2, 0.25) is 0 Å². The lowest BCUT2D eigenvalue weighted by Crippen LogP contribution is -2.59. The molecule has 1 aromatic rings. The molecule has 0 spiro atoms. The molecule has 0 aliphatic rings. The van der Waals surface area contributed by atoms with Crippen molar-refractivity contribution in [1.29, 1.82) is 0 Å². The van der Waals surface area contributed by atoms with E-state index < -0.39 is 53.8 Å². The van der Waals surface area contributed by atoms with Crippen molar-refractivity contribution in [2.45, 2.75) is 71.1 Å². The van der Waals surface area contributed by atoms with E-state index in [0.717, 1.165) is 5.56 Å². The second-order valence-electron chi connectivity index (χ2n) is 9.09. The van der Waals surface area contributed by atoms with Crippen molar-refractivity contribution in [2.24, 2.45) is 17.6 Å². The van der Waals surface area contributed by atoms with Gasteiger partial charge in [-0.15, -0.1) is 0 Å². The number of carbonyl (C=O) groups is 5. The predicted octanol–water partition coefficient (Wildman–Crippen LogP) is 0.272. The number of carboxylic acids is 2. The van der Waals surface area contributed by atoms with Crippen molar-refractivity contribution in [3.05, 3.63) is 35.9 Å². The first-order chi connectivity index (χ1) is 16.3. The lowest BCUT2D eigenvalue weighted by atomic mass is 9.99. The maximum Gasteiger partial charge on any atom is 0.326 e. The third kappa shape index (κ3) is 10.1. The quantitative estimate of drug-likeness (QED) is 0.213. The van der Waals surface area contributed by atoms with Gasteiger partial charge in [-0.1, -0.05) is 58.0 Å². The molecule has 0 saturated heterocycles. The molecule has 1 rings (SSSR count). The number of carbonyl (C=O) groups excluding carboxylic acids is 3. The Morgan fingerprint density at radius 3 is 1.83 bits per heavy atom. The molecule has 35 heavy (non-hydrogen) atoms. The molecule has 11 heteroatoms. The predicted molar refractivity (Wildman–Crippen MR) is 128 cm³/mol. The van der Waals surface area contributed by atoms with Crippen LogP contribution in [-0.4, -0.2) is 64.0 Å². The van der Waals surface area contributed by atoms with Gasteiger partial charge in [0.15, 0.2) is 0 Å². The van der Waals surface area contributed by atoms with Gasteiger partial charge in [0.05, 0.1) is 6.04 Å². The third-order valence-corrected chi connectivity index (χ3v) is 5.40. The van der Waals surface area contributed by atoms with Crippen LogP contribution < -0.4 is 21.7 Å². The van der Waals surface area contributed by atoms with E-state index in [1.54, 1.807) is 58.0 Å². The van der Waals surface area contributed by atoms with Crippen LogP contribution in [0.4, 0.5) is 0 Å². The highest BCUT2D eigenvalue weighted by Crippen LogP contribution is 2.09. The maximum atomic E-state index is 13.1. The second kappa shape index (κ2) is 14.1. The number of nitrogens with two attached hydrogens (primary N) is 1. The van der Waals surface area contributed by atoms with E-state index in [2.05, 4.69) is 16.0 Å². The summed E-state index contributed by atoms with van der Waals surface area (Å²) in [7, 11) is 0. The summed E-state index contributed by atoms with van der Waals surface area (Å²) in [5.41, 5.74) is 6.49. The molecule has 0 heterocycles. The van der Waals surface area contributed by atoms with E-state index in [1.165, 1.54) is 0 Å². The lowest BCUT2D eigenvalue weighted by Gasteiger charge is -2.27. The fraction of sp³-hybridized carbons (Fsp3) is 0.542. The van der Waals surface area contributed by atoms with Crippen LogP contribution in [0, 0.1) is 11.8 Å². The van der Waals surface area contributed by atoms with Crippen LogP contribution in [0.15, 0.2) is 30.3 Å². The Balaban J connectivity index is 3.05. The van der Waals surface area contributed by atoms with Crippen LogP contribution in [0.3, 0.4) is 0 Å². The zero-order valence-corrected chi connectivity index (χ0v) is 20.5. The molecule has 7 N–H and O–H groups in total. The number of carboxylic acid groups (broad SMARTS) is 2. The van der Waals surface area contributed by atoms with Gasteiger partial charge in [-0.2, -0.15) is 0 Å². The highest BCUT2D eigenvalue weighted by molar-refractivity contribution is 5.94. The lowest BCUT2D eigenvalue weighted by molar-refractivity contribution is -0.143. The van der Waals surface area contributed by atoms with E-state index >= 15 is 0 Å². The molecule has 1 aromatic carbocycles. The van der Waals surface area contributed by atoms with Gasteiger partial charge in [0.2, 0.25) is 17.7 Å². The van der Waals surface area contributed by atoms with Crippen LogP contribution in [0.1, 0.15) is 46.1 Å². The average Bonchev–Trinajstić information content (AvgIpc) is 2.78. The van der Waals surface area contributed by atoms with E-state index in [4.69, 9.17) is 10.8 Å². The normalized spacial score (nSPS) is 14.5. The SMILES string of the molecule is CC(C)C(NC(=O)C(Cc1ccccc1)NC(=O)C(NC(=O)C(N)CCC(=O)O)C(C)C)C(=O)O. The third-order valence-electron chi connectivity index (χ3n) is 5.40. The minimum atomic E-state index is -1.19. The molecule has 0 bridgehead atoms. The van der Waals surface area contributed by atoms with Crippen molar-refractivity contribution >= 4 is 29.7 Å². The number of nitrogens with one attached hydrogen (secondary N) is 3. The molecule has 0 aromatic heterocycles. The summed E-state index contributed by atoms with van der Waals surface area (Å²) in [6, 6.07) is 4.46. The Labute approximate surface area is 204 Å². The van der Waals surface area contributed by atoms with Crippen molar-refractivity contribution in [3.8, 4) is 0 Å². The number of rotatable bonds is 14. The molecule has 11 nitrogen and oxygen atoms in total. The van der Waals surface area contributed by atoms with Crippen LogP contribution in [-0.2, 0) is 30.4 Å². The summed E-state index contributed by atoms with van der Waals surface area (Å²) >= 11 is 0. The number of aliphatic carboxylic acids is 2. The summed E-state index contributed by atoms with van der Waals surface area (Å²) in [5, 5.41) is 25.9. The monoisotopic (exact) mass is 492 g/mol. The molecule has 4 atom stereocenters.